The van der Waals surface area contributed by atoms with Crippen LogP contribution in [0.25, 0.3) is 55.3 Å². The molecule has 0 spiro atoms. The molecule has 0 unspecified atom stereocenters. The molecule has 0 heterocycles. The van der Waals surface area contributed by atoms with E-state index in [1.165, 1.54) is 66.4 Å². The Balaban J connectivity index is 1.23. The van der Waals surface area contributed by atoms with E-state index in [2.05, 4.69) is 170 Å². The zero-order chi connectivity index (χ0) is 29.4. The van der Waals surface area contributed by atoms with Gasteiger partial charge >= 0.3 is 0 Å². The first-order chi connectivity index (χ1) is 21.6. The Hall–Kier alpha value is -5.40. The van der Waals surface area contributed by atoms with E-state index >= 15 is 0 Å². The van der Waals surface area contributed by atoms with Crippen LogP contribution in [0.2, 0.25) is 0 Å². The van der Waals surface area contributed by atoms with E-state index in [0.29, 0.717) is 0 Å². The van der Waals surface area contributed by atoms with Crippen LogP contribution in [-0.2, 0) is 5.41 Å². The number of fused-ring (bicyclic) bond motifs is 6. The minimum atomic E-state index is -0.0232. The fourth-order valence-electron chi connectivity index (χ4n) is 7.65. The number of anilines is 3. The molecule has 2 aliphatic rings. The van der Waals surface area contributed by atoms with Crippen LogP contribution in [0.4, 0.5) is 17.1 Å². The Morgan fingerprint density at radius 3 is 1.73 bits per heavy atom. The fraction of sp³-hybridized carbons (Fsp3) is 0.0698. The Bertz CT molecular complexity index is 2230. The van der Waals surface area contributed by atoms with Crippen molar-refractivity contribution in [2.75, 3.05) is 4.90 Å². The molecule has 0 atom stereocenters. The highest BCUT2D eigenvalue weighted by Gasteiger charge is 2.35. The van der Waals surface area contributed by atoms with Crippen molar-refractivity contribution >= 4 is 27.8 Å². The third-order valence-electron chi connectivity index (χ3n) is 9.80. The standard InChI is InChI=1S/C43H31N/c1-43(2)40-17-7-6-14-35(40)39-27-33(23-25-41(39)43)44(31-20-18-29(19-21-31)28-10-4-3-5-11-28)32-22-24-34-36-15-8-12-30-13-9-16-37(42(30)36)38(34)26-32/h3-27H,1-2H3. The minimum absolute atomic E-state index is 0.0232. The van der Waals surface area contributed by atoms with E-state index in [-0.39, 0.29) is 5.41 Å². The summed E-state index contributed by atoms with van der Waals surface area (Å²) in [5.41, 5.74) is 16.6. The number of nitrogens with zero attached hydrogens (tertiary/aromatic N) is 1. The molecule has 2 aliphatic carbocycles. The van der Waals surface area contributed by atoms with E-state index in [1.54, 1.807) is 0 Å². The number of rotatable bonds is 4. The lowest BCUT2D eigenvalue weighted by Gasteiger charge is -2.28. The second kappa shape index (κ2) is 9.30. The number of hydrogen-bond acceptors (Lipinski definition) is 1. The monoisotopic (exact) mass is 561 g/mol. The molecule has 0 aromatic heterocycles. The average Bonchev–Trinajstić information content (AvgIpc) is 3.51. The van der Waals surface area contributed by atoms with Crippen LogP contribution in [0.15, 0.2) is 152 Å². The quantitative estimate of drug-likeness (QED) is 0.207. The summed E-state index contributed by atoms with van der Waals surface area (Å²) in [7, 11) is 0. The first-order valence-electron chi connectivity index (χ1n) is 15.4. The van der Waals surface area contributed by atoms with Gasteiger partial charge < -0.3 is 4.90 Å². The molecule has 0 fully saturated rings. The lowest BCUT2D eigenvalue weighted by Crippen LogP contribution is -2.15. The van der Waals surface area contributed by atoms with Crippen LogP contribution in [-0.4, -0.2) is 0 Å². The molecule has 9 rings (SSSR count). The molecule has 0 bridgehead atoms. The van der Waals surface area contributed by atoms with Crippen molar-refractivity contribution in [3.8, 4) is 44.5 Å². The Morgan fingerprint density at radius 1 is 0.386 bits per heavy atom. The molecule has 208 valence electrons. The summed E-state index contributed by atoms with van der Waals surface area (Å²) >= 11 is 0. The molecule has 44 heavy (non-hydrogen) atoms. The summed E-state index contributed by atoms with van der Waals surface area (Å²) in [5, 5.41) is 2.66. The average molecular weight is 562 g/mol. The lowest BCUT2D eigenvalue weighted by molar-refractivity contribution is 0.660. The van der Waals surface area contributed by atoms with Crippen LogP contribution < -0.4 is 4.90 Å². The van der Waals surface area contributed by atoms with Gasteiger partial charge in [-0.1, -0.05) is 129 Å². The normalized spacial score (nSPS) is 13.4. The maximum absolute atomic E-state index is 2.42. The highest BCUT2D eigenvalue weighted by Crippen LogP contribution is 2.52. The summed E-state index contributed by atoms with van der Waals surface area (Å²) in [6, 6.07) is 55.9. The first-order valence-corrected chi connectivity index (χ1v) is 15.4. The van der Waals surface area contributed by atoms with Gasteiger partial charge in [-0.25, -0.2) is 0 Å². The van der Waals surface area contributed by atoms with Crippen molar-refractivity contribution in [2.45, 2.75) is 19.3 Å². The van der Waals surface area contributed by atoms with Gasteiger partial charge in [0.1, 0.15) is 0 Å². The summed E-state index contributed by atoms with van der Waals surface area (Å²) < 4.78 is 0. The predicted octanol–water partition coefficient (Wildman–Crippen LogP) is 11.9. The lowest BCUT2D eigenvalue weighted by atomic mass is 9.82. The first kappa shape index (κ1) is 25.1. The third kappa shape index (κ3) is 3.59. The Labute approximate surface area is 258 Å². The van der Waals surface area contributed by atoms with Crippen LogP contribution in [0.1, 0.15) is 25.0 Å². The minimum Gasteiger partial charge on any atom is -0.310 e. The van der Waals surface area contributed by atoms with Gasteiger partial charge in [-0.3, -0.25) is 0 Å². The molecule has 0 aliphatic heterocycles. The summed E-state index contributed by atoms with van der Waals surface area (Å²) in [6.45, 7) is 4.69. The van der Waals surface area contributed by atoms with Crippen LogP contribution in [0.5, 0.6) is 0 Å². The van der Waals surface area contributed by atoms with Gasteiger partial charge in [-0.15, -0.1) is 0 Å². The zero-order valence-electron chi connectivity index (χ0n) is 24.9. The molecule has 0 radical (unpaired) electrons. The van der Waals surface area contributed by atoms with Crippen LogP contribution in [0.3, 0.4) is 0 Å². The summed E-state index contributed by atoms with van der Waals surface area (Å²) in [6.07, 6.45) is 0. The molecular weight excluding hydrogens is 530 g/mol. The van der Waals surface area contributed by atoms with Gasteiger partial charge in [0.25, 0.3) is 0 Å². The maximum Gasteiger partial charge on any atom is 0.0468 e. The topological polar surface area (TPSA) is 3.24 Å². The predicted molar refractivity (Wildman–Crippen MR) is 186 cm³/mol. The highest BCUT2D eigenvalue weighted by atomic mass is 15.1. The van der Waals surface area contributed by atoms with E-state index < -0.39 is 0 Å². The van der Waals surface area contributed by atoms with Crippen molar-refractivity contribution in [1.82, 2.24) is 0 Å². The molecule has 7 aromatic rings. The summed E-state index contributed by atoms with van der Waals surface area (Å²) in [4.78, 5) is 2.42. The van der Waals surface area contributed by atoms with Gasteiger partial charge in [-0.05, 0) is 103 Å². The van der Waals surface area contributed by atoms with Crippen molar-refractivity contribution in [2.24, 2.45) is 0 Å². The van der Waals surface area contributed by atoms with Gasteiger partial charge in [0.05, 0.1) is 0 Å². The molecule has 1 nitrogen and oxygen atoms in total. The molecule has 1 heteroatoms. The van der Waals surface area contributed by atoms with Gasteiger partial charge in [0.2, 0.25) is 0 Å². The van der Waals surface area contributed by atoms with Crippen LogP contribution in [0, 0.1) is 0 Å². The highest BCUT2D eigenvalue weighted by molar-refractivity contribution is 6.15. The fourth-order valence-corrected chi connectivity index (χ4v) is 7.65. The van der Waals surface area contributed by atoms with Crippen molar-refractivity contribution in [3.05, 3.63) is 163 Å². The second-order valence-electron chi connectivity index (χ2n) is 12.6. The van der Waals surface area contributed by atoms with E-state index in [0.717, 1.165) is 17.1 Å². The SMILES string of the molecule is CC1(C)c2ccccc2-c2cc(N(c3ccc(-c4ccccc4)cc3)c3ccc4c(c3)-c3cccc5cccc-4c35)ccc21. The molecular formula is C43H31N. The maximum atomic E-state index is 2.42. The van der Waals surface area contributed by atoms with Crippen LogP contribution >= 0.6 is 0 Å². The van der Waals surface area contributed by atoms with Crippen molar-refractivity contribution in [3.63, 3.8) is 0 Å². The zero-order valence-corrected chi connectivity index (χ0v) is 24.9. The van der Waals surface area contributed by atoms with Crippen molar-refractivity contribution in [1.29, 1.82) is 0 Å². The van der Waals surface area contributed by atoms with Gasteiger partial charge in [0, 0.05) is 22.5 Å². The molecule has 7 aromatic carbocycles. The van der Waals surface area contributed by atoms with E-state index in [1.807, 2.05) is 0 Å². The van der Waals surface area contributed by atoms with Gasteiger partial charge in [-0.2, -0.15) is 0 Å². The molecule has 0 saturated carbocycles. The third-order valence-corrected chi connectivity index (χ3v) is 9.80. The van der Waals surface area contributed by atoms with Crippen molar-refractivity contribution < 1.29 is 0 Å². The molecule has 0 amide bonds. The van der Waals surface area contributed by atoms with E-state index in [9.17, 15) is 0 Å². The summed E-state index contributed by atoms with van der Waals surface area (Å²) in [5.74, 6) is 0. The largest absolute Gasteiger partial charge is 0.310 e. The number of hydrogen-bond donors (Lipinski definition) is 0. The molecule has 0 N–H and O–H groups in total. The van der Waals surface area contributed by atoms with Gasteiger partial charge in [0.15, 0.2) is 0 Å². The molecule has 0 saturated heterocycles. The number of benzene rings is 7. The smallest absolute Gasteiger partial charge is 0.0468 e. The Morgan fingerprint density at radius 2 is 0.955 bits per heavy atom. The second-order valence-corrected chi connectivity index (χ2v) is 12.6. The van der Waals surface area contributed by atoms with E-state index in [4.69, 9.17) is 0 Å². The Kier molecular flexibility index (Phi) is 5.31.